The van der Waals surface area contributed by atoms with E-state index < -0.39 is 6.10 Å². The lowest BCUT2D eigenvalue weighted by Crippen LogP contribution is -2.16. The van der Waals surface area contributed by atoms with Crippen molar-refractivity contribution in [2.24, 2.45) is 5.92 Å². The average Bonchev–Trinajstić information content (AvgIpc) is 2.93. The molecule has 0 aliphatic heterocycles. The number of aromatic nitrogens is 4. The minimum Gasteiger partial charge on any atom is -0.396 e. The van der Waals surface area contributed by atoms with Crippen LogP contribution in [0.2, 0.25) is 0 Å². The molecule has 1 aliphatic carbocycles. The van der Waals surface area contributed by atoms with E-state index in [1.54, 1.807) is 10.9 Å². The van der Waals surface area contributed by atoms with Crippen LogP contribution in [0.25, 0.3) is 16.9 Å². The van der Waals surface area contributed by atoms with Crippen LogP contribution in [0.15, 0.2) is 18.7 Å². The molecule has 0 fully saturated rings. The van der Waals surface area contributed by atoms with Crippen molar-refractivity contribution in [2.75, 3.05) is 12.3 Å². The molecule has 0 amide bonds. The molecule has 1 aliphatic rings. The fourth-order valence-electron chi connectivity index (χ4n) is 2.21. The Morgan fingerprint density at radius 3 is 2.94 bits per heavy atom. The van der Waals surface area contributed by atoms with Gasteiger partial charge in [0, 0.05) is 18.0 Å². The Morgan fingerprint density at radius 1 is 1.39 bits per heavy atom. The van der Waals surface area contributed by atoms with E-state index in [1.807, 2.05) is 6.08 Å². The summed E-state index contributed by atoms with van der Waals surface area (Å²) in [7, 11) is 0. The summed E-state index contributed by atoms with van der Waals surface area (Å²) in [6.07, 6.45) is 4.71. The van der Waals surface area contributed by atoms with Crippen molar-refractivity contribution in [2.45, 2.75) is 12.5 Å². The first kappa shape index (κ1) is 11.1. The van der Waals surface area contributed by atoms with Gasteiger partial charge in [-0.25, -0.2) is 15.0 Å². The number of fused-ring (bicyclic) bond motifs is 1. The van der Waals surface area contributed by atoms with Gasteiger partial charge in [0.15, 0.2) is 17.0 Å². The lowest BCUT2D eigenvalue weighted by molar-refractivity contribution is 0.104. The van der Waals surface area contributed by atoms with Crippen LogP contribution in [0, 0.1) is 5.92 Å². The van der Waals surface area contributed by atoms with Crippen LogP contribution in [-0.4, -0.2) is 42.4 Å². The van der Waals surface area contributed by atoms with Gasteiger partial charge >= 0.3 is 0 Å². The van der Waals surface area contributed by atoms with Crippen LogP contribution < -0.4 is 5.73 Å². The fraction of sp³-hybridized carbons (Fsp3) is 0.364. The van der Waals surface area contributed by atoms with E-state index in [1.165, 1.54) is 6.33 Å². The van der Waals surface area contributed by atoms with Crippen LogP contribution in [0.4, 0.5) is 5.82 Å². The van der Waals surface area contributed by atoms with Gasteiger partial charge in [0.2, 0.25) is 0 Å². The zero-order chi connectivity index (χ0) is 12.7. The molecule has 0 aromatic carbocycles. The second kappa shape index (κ2) is 4.04. The SMILES string of the molecule is Nc1ncnc2c1ncn2C1=C[C@H](CO)[C@@H](O)C1. The summed E-state index contributed by atoms with van der Waals surface area (Å²) >= 11 is 0. The predicted octanol–water partition coefficient (Wildman–Crippen LogP) is -0.378. The second-order valence-corrected chi connectivity index (χ2v) is 4.32. The molecule has 3 rings (SSSR count). The molecule has 7 heteroatoms. The van der Waals surface area contributed by atoms with Gasteiger partial charge in [-0.3, -0.25) is 4.57 Å². The van der Waals surface area contributed by atoms with Crippen molar-refractivity contribution < 1.29 is 10.2 Å². The summed E-state index contributed by atoms with van der Waals surface area (Å²) in [5, 5.41) is 18.9. The minimum absolute atomic E-state index is 0.0750. The van der Waals surface area contributed by atoms with Crippen molar-refractivity contribution in [3.63, 3.8) is 0 Å². The molecule has 4 N–H and O–H groups in total. The number of aliphatic hydroxyl groups excluding tert-OH is 2. The van der Waals surface area contributed by atoms with Gasteiger partial charge in [-0.05, 0) is 0 Å². The van der Waals surface area contributed by atoms with Gasteiger partial charge in [0.25, 0.3) is 0 Å². The van der Waals surface area contributed by atoms with E-state index in [0.717, 1.165) is 5.70 Å². The van der Waals surface area contributed by atoms with Crippen LogP contribution in [0.5, 0.6) is 0 Å². The smallest absolute Gasteiger partial charge is 0.169 e. The molecule has 2 aromatic rings. The maximum Gasteiger partial charge on any atom is 0.169 e. The largest absolute Gasteiger partial charge is 0.396 e. The lowest BCUT2D eigenvalue weighted by atomic mass is 10.1. The second-order valence-electron chi connectivity index (χ2n) is 4.32. The first-order valence-corrected chi connectivity index (χ1v) is 5.64. The molecule has 0 saturated heterocycles. The van der Waals surface area contributed by atoms with Gasteiger partial charge < -0.3 is 15.9 Å². The fourth-order valence-corrected chi connectivity index (χ4v) is 2.21. The first-order chi connectivity index (χ1) is 8.70. The van der Waals surface area contributed by atoms with Crippen LogP contribution in [0.1, 0.15) is 6.42 Å². The van der Waals surface area contributed by atoms with Gasteiger partial charge in [-0.15, -0.1) is 0 Å². The minimum atomic E-state index is -0.568. The highest BCUT2D eigenvalue weighted by Crippen LogP contribution is 2.30. The van der Waals surface area contributed by atoms with E-state index >= 15 is 0 Å². The molecule has 7 nitrogen and oxygen atoms in total. The summed E-state index contributed by atoms with van der Waals surface area (Å²) in [6.45, 7) is -0.0750. The molecular formula is C11H13N5O2. The highest BCUT2D eigenvalue weighted by atomic mass is 16.3. The number of rotatable bonds is 2. The Balaban J connectivity index is 2.09. The van der Waals surface area contributed by atoms with Gasteiger partial charge in [-0.2, -0.15) is 0 Å². The van der Waals surface area contributed by atoms with Crippen molar-refractivity contribution in [1.82, 2.24) is 19.5 Å². The maximum absolute atomic E-state index is 9.78. The van der Waals surface area contributed by atoms with E-state index in [0.29, 0.717) is 23.4 Å². The number of hydrogen-bond donors (Lipinski definition) is 3. The van der Waals surface area contributed by atoms with Crippen molar-refractivity contribution in [3.05, 3.63) is 18.7 Å². The zero-order valence-corrected chi connectivity index (χ0v) is 9.56. The predicted molar refractivity (Wildman–Crippen MR) is 65.2 cm³/mol. The molecule has 0 bridgehead atoms. The molecule has 2 heterocycles. The molecule has 2 atom stereocenters. The summed E-state index contributed by atoms with van der Waals surface area (Å²) in [4.78, 5) is 12.2. The van der Waals surface area contributed by atoms with Crippen LogP contribution in [-0.2, 0) is 0 Å². The first-order valence-electron chi connectivity index (χ1n) is 5.64. The highest BCUT2D eigenvalue weighted by Gasteiger charge is 2.27. The topological polar surface area (TPSA) is 110 Å². The Labute approximate surface area is 103 Å². The van der Waals surface area contributed by atoms with Gasteiger partial charge in [0.1, 0.15) is 12.7 Å². The Bertz CT molecular complexity index is 621. The number of nitrogens with zero attached hydrogens (tertiary/aromatic N) is 4. The summed E-state index contributed by atoms with van der Waals surface area (Å²) < 4.78 is 1.77. The third kappa shape index (κ3) is 1.56. The summed E-state index contributed by atoms with van der Waals surface area (Å²) in [6, 6.07) is 0. The quantitative estimate of drug-likeness (QED) is 0.667. The van der Waals surface area contributed by atoms with Crippen molar-refractivity contribution in [1.29, 1.82) is 0 Å². The number of imidazole rings is 1. The number of nitrogens with two attached hydrogens (primary N) is 1. The Hall–Kier alpha value is -1.99. The lowest BCUT2D eigenvalue weighted by Gasteiger charge is -2.08. The maximum atomic E-state index is 9.78. The zero-order valence-electron chi connectivity index (χ0n) is 9.56. The summed E-state index contributed by atoms with van der Waals surface area (Å²) in [5.74, 6) is 0.0910. The Morgan fingerprint density at radius 2 is 2.22 bits per heavy atom. The van der Waals surface area contributed by atoms with Crippen molar-refractivity contribution in [3.8, 4) is 0 Å². The number of aliphatic hydroxyl groups is 2. The van der Waals surface area contributed by atoms with Gasteiger partial charge in [0.05, 0.1) is 12.7 Å². The average molecular weight is 247 g/mol. The molecular weight excluding hydrogens is 234 g/mol. The molecule has 0 spiro atoms. The van der Waals surface area contributed by atoms with Gasteiger partial charge in [-0.1, -0.05) is 6.08 Å². The standard InChI is InChI=1S/C11H13N5O2/c12-10-9-11(14-4-13-10)16(5-15-9)7-1-6(3-17)8(18)2-7/h1,4-6,8,17-18H,2-3H2,(H2,12,13,14)/t6-,8+/m1/s1. The monoisotopic (exact) mass is 247 g/mol. The van der Waals surface area contributed by atoms with E-state index in [2.05, 4.69) is 15.0 Å². The Kier molecular flexibility index (Phi) is 2.49. The molecule has 18 heavy (non-hydrogen) atoms. The highest BCUT2D eigenvalue weighted by molar-refractivity contribution is 5.83. The normalized spacial score (nSPS) is 23.6. The van der Waals surface area contributed by atoms with Crippen LogP contribution in [0.3, 0.4) is 0 Å². The molecule has 0 unspecified atom stereocenters. The van der Waals surface area contributed by atoms with E-state index in [9.17, 15) is 5.11 Å². The van der Waals surface area contributed by atoms with E-state index in [4.69, 9.17) is 10.8 Å². The summed E-state index contributed by atoms with van der Waals surface area (Å²) in [5.41, 5.74) is 7.73. The number of nitrogen functional groups attached to an aromatic ring is 1. The molecule has 0 radical (unpaired) electrons. The van der Waals surface area contributed by atoms with Crippen molar-refractivity contribution >= 4 is 22.7 Å². The third-order valence-electron chi connectivity index (χ3n) is 3.20. The molecule has 94 valence electrons. The molecule has 2 aromatic heterocycles. The number of hydrogen-bond acceptors (Lipinski definition) is 6. The number of anilines is 1. The molecule has 0 saturated carbocycles. The third-order valence-corrected chi connectivity index (χ3v) is 3.20. The van der Waals surface area contributed by atoms with Crippen LogP contribution >= 0.6 is 0 Å². The van der Waals surface area contributed by atoms with E-state index in [-0.39, 0.29) is 12.5 Å².